The zero-order valence-electron chi connectivity index (χ0n) is 12.9. The third-order valence-corrected chi connectivity index (χ3v) is 2.80. The highest BCUT2D eigenvalue weighted by atomic mass is 16.5. The minimum absolute atomic E-state index is 0.125. The van der Waals surface area contributed by atoms with Crippen LogP contribution in [0.25, 0.3) is 0 Å². The molecular formula is C15H25N3O3. The van der Waals surface area contributed by atoms with E-state index in [1.165, 1.54) is 4.90 Å². The molecule has 2 amide bonds. The number of benzene rings is 1. The number of urea groups is 1. The molecule has 0 aliphatic rings. The molecule has 0 aromatic heterocycles. The van der Waals surface area contributed by atoms with Gasteiger partial charge in [0.05, 0.1) is 0 Å². The SMILES string of the molecule is Cc1cccc(OCC(O)CNCCNC(=O)N(C)C)c1. The largest absolute Gasteiger partial charge is 0.491 e. The van der Waals surface area contributed by atoms with Gasteiger partial charge in [0, 0.05) is 33.7 Å². The predicted octanol–water partition coefficient (Wildman–Crippen LogP) is 0.596. The number of rotatable bonds is 8. The van der Waals surface area contributed by atoms with Crippen LogP contribution in [0.15, 0.2) is 24.3 Å². The van der Waals surface area contributed by atoms with Gasteiger partial charge >= 0.3 is 6.03 Å². The van der Waals surface area contributed by atoms with Crippen LogP contribution in [0.1, 0.15) is 5.56 Å². The van der Waals surface area contributed by atoms with Gasteiger partial charge in [0.1, 0.15) is 18.5 Å². The van der Waals surface area contributed by atoms with Crippen molar-refractivity contribution in [2.24, 2.45) is 0 Å². The highest BCUT2D eigenvalue weighted by Gasteiger charge is 2.05. The van der Waals surface area contributed by atoms with E-state index in [-0.39, 0.29) is 12.6 Å². The fourth-order valence-electron chi connectivity index (χ4n) is 1.64. The highest BCUT2D eigenvalue weighted by Crippen LogP contribution is 2.12. The lowest BCUT2D eigenvalue weighted by atomic mass is 10.2. The molecule has 1 rings (SSSR count). The zero-order valence-corrected chi connectivity index (χ0v) is 12.9. The second kappa shape index (κ2) is 9.20. The second-order valence-corrected chi connectivity index (χ2v) is 5.11. The summed E-state index contributed by atoms with van der Waals surface area (Å²) in [5, 5.41) is 15.6. The molecule has 0 radical (unpaired) electrons. The summed E-state index contributed by atoms with van der Waals surface area (Å²) < 4.78 is 5.51. The quantitative estimate of drug-likeness (QED) is 0.614. The van der Waals surface area contributed by atoms with Crippen molar-refractivity contribution in [3.8, 4) is 5.75 Å². The summed E-state index contributed by atoms with van der Waals surface area (Å²) >= 11 is 0. The number of carbonyl (C=O) groups excluding carboxylic acids is 1. The number of nitrogens with zero attached hydrogens (tertiary/aromatic N) is 1. The molecule has 0 aliphatic heterocycles. The fraction of sp³-hybridized carbons (Fsp3) is 0.533. The van der Waals surface area contributed by atoms with Gasteiger partial charge in [0.15, 0.2) is 0 Å². The number of amides is 2. The van der Waals surface area contributed by atoms with Crippen molar-refractivity contribution >= 4 is 6.03 Å². The molecule has 0 saturated carbocycles. The number of aryl methyl sites for hydroxylation is 1. The zero-order chi connectivity index (χ0) is 15.7. The molecule has 118 valence electrons. The predicted molar refractivity (Wildman–Crippen MR) is 82.6 cm³/mol. The molecule has 21 heavy (non-hydrogen) atoms. The van der Waals surface area contributed by atoms with Crippen LogP contribution in [0, 0.1) is 6.92 Å². The molecule has 1 atom stereocenters. The van der Waals surface area contributed by atoms with Crippen molar-refractivity contribution < 1.29 is 14.6 Å². The molecule has 6 heteroatoms. The van der Waals surface area contributed by atoms with Crippen molar-refractivity contribution in [3.63, 3.8) is 0 Å². The van der Waals surface area contributed by atoms with Gasteiger partial charge in [-0.05, 0) is 24.6 Å². The molecule has 3 N–H and O–H groups in total. The summed E-state index contributed by atoms with van der Waals surface area (Å²) in [4.78, 5) is 12.7. The summed E-state index contributed by atoms with van der Waals surface area (Å²) in [6.45, 7) is 3.76. The van der Waals surface area contributed by atoms with Crippen molar-refractivity contribution in [2.45, 2.75) is 13.0 Å². The summed E-state index contributed by atoms with van der Waals surface area (Å²) in [7, 11) is 3.38. The van der Waals surface area contributed by atoms with E-state index < -0.39 is 6.10 Å². The molecule has 0 fully saturated rings. The lowest BCUT2D eigenvalue weighted by molar-refractivity contribution is 0.106. The highest BCUT2D eigenvalue weighted by molar-refractivity contribution is 5.73. The van der Waals surface area contributed by atoms with E-state index in [2.05, 4.69) is 10.6 Å². The van der Waals surface area contributed by atoms with Crippen LogP contribution in [0.4, 0.5) is 4.79 Å². The first-order valence-electron chi connectivity index (χ1n) is 7.02. The van der Waals surface area contributed by atoms with Gasteiger partial charge in [0.25, 0.3) is 0 Å². The molecule has 0 spiro atoms. The van der Waals surface area contributed by atoms with Crippen molar-refractivity contribution in [2.75, 3.05) is 40.3 Å². The van der Waals surface area contributed by atoms with E-state index in [4.69, 9.17) is 4.74 Å². The van der Waals surface area contributed by atoms with Crippen LogP contribution in [0.2, 0.25) is 0 Å². The van der Waals surface area contributed by atoms with Gasteiger partial charge in [-0.2, -0.15) is 0 Å². The first kappa shape index (κ1) is 17.3. The van der Waals surface area contributed by atoms with E-state index in [9.17, 15) is 9.90 Å². The third kappa shape index (κ3) is 7.53. The van der Waals surface area contributed by atoms with Gasteiger partial charge in [-0.3, -0.25) is 0 Å². The second-order valence-electron chi connectivity index (χ2n) is 5.11. The molecule has 1 aromatic carbocycles. The maximum Gasteiger partial charge on any atom is 0.316 e. The van der Waals surface area contributed by atoms with Crippen LogP contribution in [-0.4, -0.2) is 62.5 Å². The Morgan fingerprint density at radius 3 is 2.81 bits per heavy atom. The Morgan fingerprint density at radius 1 is 1.38 bits per heavy atom. The van der Waals surface area contributed by atoms with E-state index in [1.807, 2.05) is 31.2 Å². The first-order valence-corrected chi connectivity index (χ1v) is 7.02. The van der Waals surface area contributed by atoms with E-state index >= 15 is 0 Å². The molecule has 1 unspecified atom stereocenters. The number of nitrogens with one attached hydrogen (secondary N) is 2. The van der Waals surface area contributed by atoms with Gasteiger partial charge in [-0.25, -0.2) is 4.79 Å². The van der Waals surface area contributed by atoms with E-state index in [1.54, 1.807) is 14.1 Å². The average molecular weight is 295 g/mol. The summed E-state index contributed by atoms with van der Waals surface area (Å²) in [6, 6.07) is 7.58. The molecule has 6 nitrogen and oxygen atoms in total. The van der Waals surface area contributed by atoms with E-state index in [0.29, 0.717) is 19.6 Å². The lowest BCUT2D eigenvalue weighted by Crippen LogP contribution is -2.40. The molecular weight excluding hydrogens is 270 g/mol. The van der Waals surface area contributed by atoms with Crippen LogP contribution in [-0.2, 0) is 0 Å². The topological polar surface area (TPSA) is 73.8 Å². The maximum atomic E-state index is 11.2. The van der Waals surface area contributed by atoms with Gasteiger partial charge in [-0.15, -0.1) is 0 Å². The smallest absolute Gasteiger partial charge is 0.316 e. The molecule has 0 aliphatic carbocycles. The molecule has 0 heterocycles. The van der Waals surface area contributed by atoms with Crippen molar-refractivity contribution in [1.82, 2.24) is 15.5 Å². The van der Waals surface area contributed by atoms with Crippen LogP contribution in [0.5, 0.6) is 5.75 Å². The summed E-state index contributed by atoms with van der Waals surface area (Å²) in [5.74, 6) is 0.757. The first-order chi connectivity index (χ1) is 9.99. The third-order valence-electron chi connectivity index (χ3n) is 2.80. The van der Waals surface area contributed by atoms with E-state index in [0.717, 1.165) is 11.3 Å². The number of ether oxygens (including phenoxy) is 1. The van der Waals surface area contributed by atoms with Crippen molar-refractivity contribution in [3.05, 3.63) is 29.8 Å². The van der Waals surface area contributed by atoms with Crippen LogP contribution < -0.4 is 15.4 Å². The monoisotopic (exact) mass is 295 g/mol. The number of hydrogen-bond donors (Lipinski definition) is 3. The van der Waals surface area contributed by atoms with Crippen LogP contribution >= 0.6 is 0 Å². The Hall–Kier alpha value is -1.79. The maximum absolute atomic E-state index is 11.2. The van der Waals surface area contributed by atoms with Crippen molar-refractivity contribution in [1.29, 1.82) is 0 Å². The number of aliphatic hydroxyl groups excluding tert-OH is 1. The Balaban J connectivity index is 2.09. The Morgan fingerprint density at radius 2 is 2.14 bits per heavy atom. The number of carbonyl (C=O) groups is 1. The molecule has 0 bridgehead atoms. The molecule has 1 aromatic rings. The normalized spacial score (nSPS) is 11.8. The number of aliphatic hydroxyl groups is 1. The number of hydrogen-bond acceptors (Lipinski definition) is 4. The standard InChI is InChI=1S/C15H25N3O3/c1-12-5-4-6-14(9-12)21-11-13(19)10-16-7-8-17-15(20)18(2)3/h4-6,9,13,16,19H,7-8,10-11H2,1-3H3,(H,17,20). The Kier molecular flexibility index (Phi) is 7.56. The minimum atomic E-state index is -0.588. The molecule has 0 saturated heterocycles. The Bertz CT molecular complexity index is 438. The fourth-order valence-corrected chi connectivity index (χ4v) is 1.64. The summed E-state index contributed by atoms with van der Waals surface area (Å²) in [6.07, 6.45) is -0.588. The Labute approximate surface area is 126 Å². The lowest BCUT2D eigenvalue weighted by Gasteiger charge is -2.15. The minimum Gasteiger partial charge on any atom is -0.491 e. The van der Waals surface area contributed by atoms with Gasteiger partial charge < -0.3 is 25.4 Å². The van der Waals surface area contributed by atoms with Crippen LogP contribution in [0.3, 0.4) is 0 Å². The van der Waals surface area contributed by atoms with Gasteiger partial charge in [-0.1, -0.05) is 12.1 Å². The summed E-state index contributed by atoms with van der Waals surface area (Å²) in [5.41, 5.74) is 1.12. The van der Waals surface area contributed by atoms with Gasteiger partial charge in [0.2, 0.25) is 0 Å². The average Bonchev–Trinajstić information content (AvgIpc) is 2.44.